The van der Waals surface area contributed by atoms with Crippen molar-refractivity contribution in [2.75, 3.05) is 13.7 Å². The van der Waals surface area contributed by atoms with E-state index in [4.69, 9.17) is 4.74 Å². The molecule has 0 spiro atoms. The van der Waals surface area contributed by atoms with Gasteiger partial charge in [-0.05, 0) is 55.4 Å². The van der Waals surface area contributed by atoms with Crippen LogP contribution in [0.3, 0.4) is 0 Å². The van der Waals surface area contributed by atoms with E-state index in [9.17, 15) is 14.7 Å². The lowest BCUT2D eigenvalue weighted by Gasteiger charge is -2.35. The minimum absolute atomic E-state index is 0.208. The topological polar surface area (TPSA) is 66.8 Å². The van der Waals surface area contributed by atoms with Crippen molar-refractivity contribution < 1.29 is 19.4 Å². The number of rotatable bonds is 7. The van der Waals surface area contributed by atoms with E-state index in [1.165, 1.54) is 0 Å². The predicted octanol–water partition coefficient (Wildman–Crippen LogP) is 4.86. The number of carbonyl (C=O) groups excluding carboxylic acids is 1. The van der Waals surface area contributed by atoms with Gasteiger partial charge in [0.1, 0.15) is 11.3 Å². The third-order valence-corrected chi connectivity index (χ3v) is 5.82. The molecule has 5 nitrogen and oxygen atoms in total. The summed E-state index contributed by atoms with van der Waals surface area (Å²) in [6.07, 6.45) is 2.50. The summed E-state index contributed by atoms with van der Waals surface area (Å²) in [5.74, 6) is 0.0588. The average molecular weight is 395 g/mol. The van der Waals surface area contributed by atoms with Crippen molar-refractivity contribution in [1.82, 2.24) is 4.90 Å². The Balaban J connectivity index is 1.86. The first-order valence-corrected chi connectivity index (χ1v) is 10.2. The molecule has 3 rings (SSSR count). The molecule has 5 heteroatoms. The smallest absolute Gasteiger partial charge is 0.329 e. The van der Waals surface area contributed by atoms with E-state index in [-0.39, 0.29) is 5.91 Å². The van der Waals surface area contributed by atoms with Crippen LogP contribution < -0.4 is 4.74 Å². The molecule has 2 aromatic rings. The lowest BCUT2D eigenvalue weighted by Crippen LogP contribution is -2.53. The Bertz CT molecular complexity index is 875. The van der Waals surface area contributed by atoms with Crippen molar-refractivity contribution in [2.45, 2.75) is 45.1 Å². The second kappa shape index (κ2) is 8.68. The molecule has 1 fully saturated rings. The maximum absolute atomic E-state index is 13.2. The fraction of sp³-hybridized carbons (Fsp3) is 0.417. The number of likely N-dealkylation sites (tertiary alicyclic amines) is 1. The third-order valence-electron chi connectivity index (χ3n) is 5.82. The van der Waals surface area contributed by atoms with Gasteiger partial charge in [-0.25, -0.2) is 4.79 Å². The number of methoxy groups -OCH3 is 1. The fourth-order valence-electron chi connectivity index (χ4n) is 4.12. The van der Waals surface area contributed by atoms with Crippen LogP contribution in [0.4, 0.5) is 0 Å². The minimum Gasteiger partial charge on any atom is -0.496 e. The van der Waals surface area contributed by atoms with Crippen molar-refractivity contribution in [1.29, 1.82) is 0 Å². The molecule has 29 heavy (non-hydrogen) atoms. The average Bonchev–Trinajstić information content (AvgIpc) is 3.17. The van der Waals surface area contributed by atoms with Crippen molar-refractivity contribution >= 4 is 11.9 Å². The van der Waals surface area contributed by atoms with Crippen molar-refractivity contribution in [2.24, 2.45) is 5.92 Å². The first kappa shape index (κ1) is 20.9. The summed E-state index contributed by atoms with van der Waals surface area (Å²) in [5, 5.41) is 9.99. The van der Waals surface area contributed by atoms with Crippen LogP contribution in [0.15, 0.2) is 48.5 Å². The molecule has 1 aliphatic heterocycles. The van der Waals surface area contributed by atoms with Gasteiger partial charge in [0.2, 0.25) is 0 Å². The standard InChI is InChI=1S/C24H29NO4/c1-17(2)13-15-24(23(27)28)14-6-16-25(24)22(26)19-11-9-18(10-12-19)20-7-4-5-8-21(20)29-3/h4-5,7-12,17H,6,13-16H2,1-3H3,(H,27,28). The van der Waals surface area contributed by atoms with Crippen LogP contribution >= 0.6 is 0 Å². The number of hydrogen-bond donors (Lipinski definition) is 1. The minimum atomic E-state index is -1.09. The molecule has 1 atom stereocenters. The SMILES string of the molecule is COc1ccccc1-c1ccc(C(=O)N2CCCC2(CCC(C)C)C(=O)O)cc1. The van der Waals surface area contributed by atoms with E-state index < -0.39 is 11.5 Å². The number of aliphatic carboxylic acids is 1. The molecule has 154 valence electrons. The molecule has 1 amide bonds. The first-order valence-electron chi connectivity index (χ1n) is 10.2. The molecular formula is C24H29NO4. The van der Waals surface area contributed by atoms with Crippen LogP contribution in [0.5, 0.6) is 5.75 Å². The monoisotopic (exact) mass is 395 g/mol. The van der Waals surface area contributed by atoms with Gasteiger partial charge < -0.3 is 14.7 Å². The molecule has 0 aromatic heterocycles. The zero-order valence-corrected chi connectivity index (χ0v) is 17.4. The van der Waals surface area contributed by atoms with Crippen molar-refractivity contribution in [3.05, 3.63) is 54.1 Å². The maximum atomic E-state index is 13.2. The molecule has 1 saturated heterocycles. The van der Waals surface area contributed by atoms with Crippen LogP contribution in [-0.2, 0) is 4.79 Å². The second-order valence-corrected chi connectivity index (χ2v) is 8.11. The highest BCUT2D eigenvalue weighted by atomic mass is 16.5. The normalized spacial score (nSPS) is 18.8. The zero-order valence-electron chi connectivity index (χ0n) is 17.4. The maximum Gasteiger partial charge on any atom is 0.329 e. The largest absolute Gasteiger partial charge is 0.496 e. The van der Waals surface area contributed by atoms with Gasteiger partial charge in [-0.3, -0.25) is 4.79 Å². The molecule has 0 saturated carbocycles. The predicted molar refractivity (Wildman–Crippen MR) is 113 cm³/mol. The van der Waals surface area contributed by atoms with Gasteiger partial charge in [-0.2, -0.15) is 0 Å². The van der Waals surface area contributed by atoms with Crippen molar-refractivity contribution in [3.8, 4) is 16.9 Å². The summed E-state index contributed by atoms with van der Waals surface area (Å²) in [4.78, 5) is 27.0. The second-order valence-electron chi connectivity index (χ2n) is 8.11. The number of carboxylic acid groups (broad SMARTS) is 1. The Morgan fingerprint density at radius 2 is 1.83 bits per heavy atom. The molecule has 1 heterocycles. The van der Waals surface area contributed by atoms with E-state index in [2.05, 4.69) is 13.8 Å². The van der Waals surface area contributed by atoms with Gasteiger partial charge in [-0.1, -0.05) is 44.2 Å². The molecule has 0 bridgehead atoms. The number of amides is 1. The zero-order chi connectivity index (χ0) is 21.0. The molecule has 2 aromatic carbocycles. The number of carboxylic acids is 1. The van der Waals surface area contributed by atoms with Gasteiger partial charge in [-0.15, -0.1) is 0 Å². The van der Waals surface area contributed by atoms with E-state index >= 15 is 0 Å². The highest BCUT2D eigenvalue weighted by molar-refractivity contribution is 5.98. The Hall–Kier alpha value is -2.82. The van der Waals surface area contributed by atoms with Crippen LogP contribution in [0.25, 0.3) is 11.1 Å². The van der Waals surface area contributed by atoms with Gasteiger partial charge in [0, 0.05) is 17.7 Å². The van der Waals surface area contributed by atoms with Gasteiger partial charge in [0.05, 0.1) is 7.11 Å². The summed E-state index contributed by atoms with van der Waals surface area (Å²) in [6, 6.07) is 15.0. The number of benzene rings is 2. The van der Waals surface area contributed by atoms with Gasteiger partial charge in [0.15, 0.2) is 0 Å². The Morgan fingerprint density at radius 1 is 1.14 bits per heavy atom. The highest BCUT2D eigenvalue weighted by Crippen LogP contribution is 2.37. The third kappa shape index (κ3) is 4.14. The summed E-state index contributed by atoms with van der Waals surface area (Å²) < 4.78 is 5.42. The first-order chi connectivity index (χ1) is 13.9. The van der Waals surface area contributed by atoms with Crippen LogP contribution in [0, 0.1) is 5.92 Å². The molecule has 0 aliphatic carbocycles. The fourth-order valence-corrected chi connectivity index (χ4v) is 4.12. The lowest BCUT2D eigenvalue weighted by molar-refractivity contribution is -0.149. The highest BCUT2D eigenvalue weighted by Gasteiger charge is 2.49. The van der Waals surface area contributed by atoms with Gasteiger partial charge >= 0.3 is 5.97 Å². The number of para-hydroxylation sites is 1. The summed E-state index contributed by atoms with van der Waals surface area (Å²) in [7, 11) is 1.63. The Morgan fingerprint density at radius 3 is 2.45 bits per heavy atom. The Labute approximate surface area is 172 Å². The molecule has 1 unspecified atom stereocenters. The molecule has 1 N–H and O–H groups in total. The number of nitrogens with zero attached hydrogens (tertiary/aromatic N) is 1. The van der Waals surface area contributed by atoms with Gasteiger partial charge in [0.25, 0.3) is 5.91 Å². The van der Waals surface area contributed by atoms with Crippen LogP contribution in [0.1, 0.15) is 49.9 Å². The number of ether oxygens (including phenoxy) is 1. The van der Waals surface area contributed by atoms with E-state index in [1.807, 2.05) is 36.4 Å². The van der Waals surface area contributed by atoms with E-state index in [0.29, 0.717) is 30.9 Å². The van der Waals surface area contributed by atoms with Crippen LogP contribution in [0.2, 0.25) is 0 Å². The molecule has 0 radical (unpaired) electrons. The van der Waals surface area contributed by atoms with E-state index in [1.54, 1.807) is 24.1 Å². The van der Waals surface area contributed by atoms with E-state index in [0.717, 1.165) is 29.7 Å². The summed E-state index contributed by atoms with van der Waals surface area (Å²) in [6.45, 7) is 4.64. The summed E-state index contributed by atoms with van der Waals surface area (Å²) >= 11 is 0. The number of hydrogen-bond acceptors (Lipinski definition) is 3. The molecule has 1 aliphatic rings. The Kier molecular flexibility index (Phi) is 6.26. The van der Waals surface area contributed by atoms with Crippen molar-refractivity contribution in [3.63, 3.8) is 0 Å². The lowest BCUT2D eigenvalue weighted by atomic mass is 9.87. The van der Waals surface area contributed by atoms with Crippen LogP contribution in [-0.4, -0.2) is 41.1 Å². The molecular weight excluding hydrogens is 366 g/mol. The summed E-state index contributed by atoms with van der Waals surface area (Å²) in [5.41, 5.74) is 1.32. The number of carbonyl (C=O) groups is 2. The quantitative estimate of drug-likeness (QED) is 0.727.